The van der Waals surface area contributed by atoms with Gasteiger partial charge in [-0.15, -0.1) is 6.58 Å². The zero-order valence-electron chi connectivity index (χ0n) is 22.2. The highest BCUT2D eigenvalue weighted by Crippen LogP contribution is 2.39. The second kappa shape index (κ2) is 11.3. The summed E-state index contributed by atoms with van der Waals surface area (Å²) in [5.41, 5.74) is 4.30. The molecule has 0 aliphatic carbocycles. The molecule has 1 aliphatic heterocycles. The number of aliphatic imine (C=N–C) groups is 1. The van der Waals surface area contributed by atoms with E-state index in [9.17, 15) is 4.79 Å². The van der Waals surface area contributed by atoms with E-state index in [1.807, 2.05) is 27.0 Å². The van der Waals surface area contributed by atoms with Crippen molar-refractivity contribution >= 4 is 35.3 Å². The van der Waals surface area contributed by atoms with Gasteiger partial charge in [0.1, 0.15) is 18.3 Å². The van der Waals surface area contributed by atoms with Gasteiger partial charge in [-0.3, -0.25) is 9.67 Å². The molecule has 3 rings (SSSR count). The summed E-state index contributed by atoms with van der Waals surface area (Å²) in [4.78, 5) is 16.7. The number of carbonyl (C=O) groups excluding carboxylic acids is 1. The molecule has 0 saturated carbocycles. The number of hydrogen-bond donors (Lipinski definition) is 0. The van der Waals surface area contributed by atoms with Crippen LogP contribution in [0.3, 0.4) is 0 Å². The van der Waals surface area contributed by atoms with Crippen LogP contribution in [-0.2, 0) is 26.2 Å². The summed E-state index contributed by atoms with van der Waals surface area (Å²) in [5.74, 6) is 0.479. The Bertz CT molecular complexity index is 1150. The van der Waals surface area contributed by atoms with Crippen molar-refractivity contribution in [3.8, 4) is 0 Å². The van der Waals surface area contributed by atoms with Gasteiger partial charge < -0.3 is 14.2 Å². The molecule has 8 heteroatoms. The maximum absolute atomic E-state index is 12.3. The summed E-state index contributed by atoms with van der Waals surface area (Å²) in [6.07, 6.45) is 1.78. The predicted molar refractivity (Wildman–Crippen MR) is 144 cm³/mol. The second-order valence-electron chi connectivity index (χ2n) is 9.95. The van der Waals surface area contributed by atoms with E-state index in [1.165, 1.54) is 5.56 Å². The third kappa shape index (κ3) is 6.58. The smallest absolute Gasteiger partial charge is 0.452 e. The number of nitrogens with zero attached hydrogens (tertiary/aromatic N) is 3. The van der Waals surface area contributed by atoms with Crippen molar-refractivity contribution in [2.24, 2.45) is 10.9 Å². The first kappa shape index (κ1) is 27.5. The fourth-order valence-corrected chi connectivity index (χ4v) is 3.88. The molecule has 0 spiro atoms. The second-order valence-corrected chi connectivity index (χ2v) is 10.3. The monoisotopic (exact) mass is 513 g/mol. The molecule has 2 aromatic rings. The average Bonchev–Trinajstić information content (AvgIpc) is 3.61. The van der Waals surface area contributed by atoms with Crippen LogP contribution < -0.4 is 0 Å². The molecule has 194 valence electrons. The number of halogens is 1. The third-order valence-electron chi connectivity index (χ3n) is 5.88. The van der Waals surface area contributed by atoms with Gasteiger partial charge in [0.25, 0.3) is 0 Å². The van der Waals surface area contributed by atoms with E-state index in [0.29, 0.717) is 28.7 Å². The number of aryl methyl sites for hydroxylation is 2. The minimum atomic E-state index is -0.953. The number of benzene rings is 1. The highest BCUT2D eigenvalue weighted by molar-refractivity contribution is 6.33. The van der Waals surface area contributed by atoms with Crippen molar-refractivity contribution < 1.29 is 19.0 Å². The van der Waals surface area contributed by atoms with Crippen LogP contribution in [0, 0.1) is 12.8 Å². The molecular formula is C28H36ClN3O4. The molecule has 0 saturated heterocycles. The van der Waals surface area contributed by atoms with Crippen LogP contribution in [0.15, 0.2) is 41.9 Å². The van der Waals surface area contributed by atoms with E-state index >= 15 is 0 Å². The zero-order valence-corrected chi connectivity index (χ0v) is 22.9. The van der Waals surface area contributed by atoms with Gasteiger partial charge >= 0.3 is 6.16 Å². The molecule has 1 aromatic heterocycles. The van der Waals surface area contributed by atoms with Crippen LogP contribution in [0.2, 0.25) is 5.02 Å². The third-order valence-corrected chi connectivity index (χ3v) is 6.33. The quantitative estimate of drug-likeness (QED) is 0.151. The van der Waals surface area contributed by atoms with Gasteiger partial charge in [-0.05, 0) is 30.4 Å². The van der Waals surface area contributed by atoms with Crippen molar-refractivity contribution in [1.82, 2.24) is 9.78 Å². The largest absolute Gasteiger partial charge is 0.511 e. The van der Waals surface area contributed by atoms with Crippen molar-refractivity contribution in [3.63, 3.8) is 0 Å². The summed E-state index contributed by atoms with van der Waals surface area (Å²) >= 11 is 6.74. The summed E-state index contributed by atoms with van der Waals surface area (Å²) in [6.45, 7) is 18.3. The Labute approximate surface area is 218 Å². The van der Waals surface area contributed by atoms with Crippen LogP contribution in [-0.4, -0.2) is 41.1 Å². The van der Waals surface area contributed by atoms with Gasteiger partial charge in [-0.1, -0.05) is 69.6 Å². The molecule has 3 unspecified atom stereocenters. The fourth-order valence-electron chi connectivity index (χ4n) is 3.66. The minimum Gasteiger partial charge on any atom is -0.452 e. The Balaban J connectivity index is 2.03. The van der Waals surface area contributed by atoms with Crippen molar-refractivity contribution in [3.05, 3.63) is 64.5 Å². The summed E-state index contributed by atoms with van der Waals surface area (Å²) in [5, 5.41) is 5.04. The van der Waals surface area contributed by atoms with Gasteiger partial charge in [0.15, 0.2) is 5.76 Å². The Morgan fingerprint density at radius 2 is 1.86 bits per heavy atom. The zero-order chi connectivity index (χ0) is 26.6. The number of ether oxygens (including phenoxy) is 3. The Morgan fingerprint density at radius 1 is 1.22 bits per heavy atom. The minimum absolute atomic E-state index is 0.0135. The lowest BCUT2D eigenvalue weighted by atomic mass is 9.86. The lowest BCUT2D eigenvalue weighted by molar-refractivity contribution is -0.0686. The fraction of sp³-hybridized carbons (Fsp3) is 0.464. The summed E-state index contributed by atoms with van der Waals surface area (Å²) < 4.78 is 18.7. The number of hydrogen-bond acceptors (Lipinski definition) is 6. The summed E-state index contributed by atoms with van der Waals surface area (Å²) in [7, 11) is 0. The molecule has 3 atom stereocenters. The molecule has 2 heterocycles. The maximum Gasteiger partial charge on any atom is 0.511 e. The van der Waals surface area contributed by atoms with Gasteiger partial charge in [-0.25, -0.2) is 4.79 Å². The molecule has 0 radical (unpaired) electrons. The molecule has 1 aliphatic rings. The molecule has 0 fully saturated rings. The average molecular weight is 514 g/mol. The Kier molecular flexibility index (Phi) is 8.67. The van der Waals surface area contributed by atoms with E-state index in [0.717, 1.165) is 11.1 Å². The van der Waals surface area contributed by atoms with Crippen LogP contribution in [0.5, 0.6) is 0 Å². The molecular weight excluding hydrogens is 478 g/mol. The molecule has 0 N–H and O–H groups in total. The van der Waals surface area contributed by atoms with E-state index in [2.05, 4.69) is 61.7 Å². The lowest BCUT2D eigenvalue weighted by Gasteiger charge is -2.23. The molecule has 36 heavy (non-hydrogen) atoms. The van der Waals surface area contributed by atoms with Gasteiger partial charge in [0, 0.05) is 31.2 Å². The van der Waals surface area contributed by atoms with E-state index in [4.69, 9.17) is 25.8 Å². The first-order valence-corrected chi connectivity index (χ1v) is 12.6. The van der Waals surface area contributed by atoms with Gasteiger partial charge in [-0.2, -0.15) is 5.10 Å². The van der Waals surface area contributed by atoms with Crippen LogP contribution >= 0.6 is 11.6 Å². The Hall–Kier alpha value is -3.06. The van der Waals surface area contributed by atoms with Gasteiger partial charge in [0.05, 0.1) is 10.7 Å². The first-order valence-electron chi connectivity index (χ1n) is 12.2. The van der Waals surface area contributed by atoms with E-state index in [-0.39, 0.29) is 24.0 Å². The highest BCUT2D eigenvalue weighted by Gasteiger charge is 2.32. The van der Waals surface area contributed by atoms with Crippen LogP contribution in [0.1, 0.15) is 64.1 Å². The molecule has 1 aromatic carbocycles. The topological polar surface area (TPSA) is 74.9 Å². The normalized spacial score (nSPS) is 17.2. The molecule has 0 amide bonds. The highest BCUT2D eigenvalue weighted by atomic mass is 35.5. The molecule has 7 nitrogen and oxygen atoms in total. The summed E-state index contributed by atoms with van der Waals surface area (Å²) in [6, 6.07) is 8.16. The van der Waals surface area contributed by atoms with Crippen LogP contribution in [0.25, 0.3) is 11.3 Å². The number of aromatic nitrogens is 2. The van der Waals surface area contributed by atoms with E-state index in [1.54, 1.807) is 17.7 Å². The van der Waals surface area contributed by atoms with Crippen LogP contribution in [0.4, 0.5) is 4.79 Å². The van der Waals surface area contributed by atoms with Gasteiger partial charge in [0.2, 0.25) is 6.29 Å². The molecule has 0 bridgehead atoms. The van der Waals surface area contributed by atoms with Crippen molar-refractivity contribution in [2.75, 3.05) is 6.61 Å². The number of rotatable bonds is 10. The standard InChI is InChI=1S/C28H36ClN3O4/c1-9-17(3)16-34-27(33)36-19(5)35-26(25-24(29)18(4)31-32(25)10-2)23(22-15-30-22)20-11-13-21(14-12-20)28(6,7)8/h9,11-15,17,19,22H,1,10,16H2,2-8H3/b26-23+. The Morgan fingerprint density at radius 3 is 2.39 bits per heavy atom. The van der Waals surface area contributed by atoms with Crippen molar-refractivity contribution in [1.29, 1.82) is 0 Å². The predicted octanol–water partition coefficient (Wildman–Crippen LogP) is 6.82. The lowest BCUT2D eigenvalue weighted by Crippen LogP contribution is -2.22. The first-order chi connectivity index (χ1) is 17.0. The van der Waals surface area contributed by atoms with Crippen molar-refractivity contribution in [2.45, 2.75) is 72.8 Å². The van der Waals surface area contributed by atoms with E-state index < -0.39 is 12.4 Å². The maximum atomic E-state index is 12.3. The number of carbonyl (C=O) groups is 1. The SMILES string of the molecule is C=CC(C)COC(=O)OC(C)O/C(=C(\c1ccc(C(C)(C)C)cc1)C1C=N1)c1c(Cl)c(C)nn1CC.